The van der Waals surface area contributed by atoms with Crippen LogP contribution in [-0.2, 0) is 0 Å². The lowest BCUT2D eigenvalue weighted by molar-refractivity contribution is -0.422. The molecule has 7 heteroatoms. The van der Waals surface area contributed by atoms with Crippen LogP contribution < -0.4 is 0 Å². The van der Waals surface area contributed by atoms with Crippen LogP contribution in [-0.4, -0.2) is 20.6 Å². The Labute approximate surface area is 98.0 Å². The van der Waals surface area contributed by atoms with Gasteiger partial charge in [-0.25, -0.2) is 0 Å². The van der Waals surface area contributed by atoms with Gasteiger partial charge in [-0.05, 0) is 20.8 Å². The molecule has 1 aromatic rings. The Morgan fingerprint density at radius 1 is 1.00 bits per heavy atom. The predicted octanol–water partition coefficient (Wildman–Crippen LogP) is 2.28. The zero-order chi connectivity index (χ0) is 13.6. The van der Waals surface area contributed by atoms with E-state index in [1.165, 1.54) is 12.1 Å². The maximum absolute atomic E-state index is 10.2. The van der Waals surface area contributed by atoms with Crippen LogP contribution in [0.25, 0.3) is 0 Å². The highest BCUT2D eigenvalue weighted by molar-refractivity contribution is 5.51. The molecule has 1 aromatic carbocycles. The number of hydrogen-bond donors (Lipinski definition) is 1. The van der Waals surface area contributed by atoms with E-state index in [1.54, 1.807) is 20.8 Å². The summed E-state index contributed by atoms with van der Waals surface area (Å²) in [4.78, 5) is 18.9. The van der Waals surface area contributed by atoms with Crippen LogP contribution in [0.2, 0.25) is 0 Å². The zero-order valence-corrected chi connectivity index (χ0v) is 9.78. The van der Waals surface area contributed by atoms with Gasteiger partial charge in [0.25, 0.3) is 0 Å². The van der Waals surface area contributed by atoms with Crippen LogP contribution in [0.4, 0.5) is 11.4 Å². The van der Waals surface area contributed by atoms with Gasteiger partial charge in [0, 0.05) is 12.1 Å². The first-order valence-electron chi connectivity index (χ1n) is 4.73. The van der Waals surface area contributed by atoms with E-state index in [0.717, 1.165) is 12.1 Å². The van der Waals surface area contributed by atoms with Crippen molar-refractivity contribution in [2.24, 2.45) is 0 Å². The smallest absolute Gasteiger partial charge is 0.346 e. The average molecular weight is 242 g/mol. The van der Waals surface area contributed by atoms with E-state index in [0.29, 0.717) is 0 Å². The highest BCUT2D eigenvalue weighted by Crippen LogP contribution is 2.24. The predicted molar refractivity (Wildman–Crippen MR) is 61.7 cm³/mol. The number of nitro groups is 2. The minimum atomic E-state index is -0.780. The molecule has 0 heterocycles. The van der Waals surface area contributed by atoms with Crippen molar-refractivity contribution in [3.05, 3.63) is 44.5 Å². The van der Waals surface area contributed by atoms with Gasteiger partial charge in [-0.1, -0.05) is 12.1 Å². The lowest BCUT2D eigenvalue weighted by Gasteiger charge is -2.04. The highest BCUT2D eigenvalue weighted by atomic mass is 16.6. The van der Waals surface area contributed by atoms with E-state index in [1.807, 2.05) is 0 Å². The average Bonchev–Trinajstić information content (AvgIpc) is 2.15. The van der Waals surface area contributed by atoms with Crippen LogP contribution >= 0.6 is 0 Å². The monoisotopic (exact) mass is 242 g/mol. The third-order valence-electron chi connectivity index (χ3n) is 1.28. The van der Waals surface area contributed by atoms with Crippen molar-refractivity contribution in [1.29, 1.82) is 0 Å². The summed E-state index contributed by atoms with van der Waals surface area (Å²) >= 11 is 0. The van der Waals surface area contributed by atoms with E-state index < -0.39 is 26.8 Å². The van der Waals surface area contributed by atoms with Gasteiger partial charge >= 0.3 is 11.4 Å². The van der Waals surface area contributed by atoms with Crippen molar-refractivity contribution >= 4 is 11.4 Å². The Morgan fingerprint density at radius 3 is 1.41 bits per heavy atom. The van der Waals surface area contributed by atoms with Gasteiger partial charge in [-0.3, -0.25) is 20.2 Å². The summed E-state index contributed by atoms with van der Waals surface area (Å²) in [5.74, 6) is 0. The third-order valence-corrected chi connectivity index (χ3v) is 1.28. The van der Waals surface area contributed by atoms with Crippen LogP contribution in [0.5, 0.6) is 0 Å². The fourth-order valence-electron chi connectivity index (χ4n) is 0.773. The lowest BCUT2D eigenvalue weighted by atomic mass is 10.2. The number of hydrogen-bond acceptors (Lipinski definition) is 5. The lowest BCUT2D eigenvalue weighted by Crippen LogP contribution is -2.10. The molecule has 17 heavy (non-hydrogen) atoms. The van der Waals surface area contributed by atoms with Gasteiger partial charge in [0.1, 0.15) is 0 Å². The topological polar surface area (TPSA) is 107 Å². The molecular weight excluding hydrogens is 228 g/mol. The van der Waals surface area contributed by atoms with E-state index in [2.05, 4.69) is 0 Å². The van der Waals surface area contributed by atoms with Crippen LogP contribution in [0.3, 0.4) is 0 Å². The van der Waals surface area contributed by atoms with Crippen molar-refractivity contribution in [3.63, 3.8) is 0 Å². The molecule has 0 amide bonds. The van der Waals surface area contributed by atoms with Gasteiger partial charge in [0.05, 0.1) is 15.4 Å². The minimum absolute atomic E-state index is 0.484. The van der Waals surface area contributed by atoms with Crippen molar-refractivity contribution in [3.8, 4) is 0 Å². The fraction of sp³-hybridized carbons (Fsp3) is 0.400. The molecular formula is C10H14N2O5. The molecule has 0 aromatic heterocycles. The first kappa shape index (κ1) is 15.0. The maximum Gasteiger partial charge on any atom is 0.346 e. The Bertz CT molecular complexity index is 372. The maximum atomic E-state index is 10.2. The molecule has 0 spiro atoms. The Balaban J connectivity index is 0.000000437. The largest absolute Gasteiger partial charge is 0.391 e. The number of rotatable bonds is 2. The minimum Gasteiger partial charge on any atom is -0.391 e. The molecule has 0 fully saturated rings. The second kappa shape index (κ2) is 5.90. The first-order valence-corrected chi connectivity index (χ1v) is 4.73. The molecule has 0 aliphatic rings. The Kier molecular flexibility index (Phi) is 5.20. The summed E-state index contributed by atoms with van der Waals surface area (Å²) < 4.78 is 0. The molecule has 0 aliphatic carbocycles. The molecule has 0 atom stereocenters. The quantitative estimate of drug-likeness (QED) is 0.632. The van der Waals surface area contributed by atoms with Crippen molar-refractivity contribution in [1.82, 2.24) is 0 Å². The number of aliphatic hydroxyl groups is 1. The van der Waals surface area contributed by atoms with Gasteiger partial charge in [-0.15, -0.1) is 0 Å². The van der Waals surface area contributed by atoms with E-state index in [-0.39, 0.29) is 0 Å². The summed E-state index contributed by atoms with van der Waals surface area (Å²) in [5, 5.41) is 29.0. The molecule has 1 N–H and O–H groups in total. The molecule has 0 saturated carbocycles. The van der Waals surface area contributed by atoms with Gasteiger partial charge in [0.2, 0.25) is 0 Å². The standard InChI is InChI=1S/C6H4N2O4.C4H10O/c9-7(10)5-3-1-2-4-6(5)8(11)12;1-4(2,3)5/h1-4H;5H,1-3H3. The third kappa shape index (κ3) is 6.96. The number of benzene rings is 1. The number of para-hydroxylation sites is 2. The van der Waals surface area contributed by atoms with Crippen LogP contribution in [0, 0.1) is 20.2 Å². The molecule has 0 unspecified atom stereocenters. The van der Waals surface area contributed by atoms with Crippen molar-refractivity contribution in [2.45, 2.75) is 26.4 Å². The molecule has 0 radical (unpaired) electrons. The van der Waals surface area contributed by atoms with Gasteiger partial charge in [-0.2, -0.15) is 0 Å². The van der Waals surface area contributed by atoms with Gasteiger partial charge in [0.15, 0.2) is 0 Å². The first-order chi connectivity index (χ1) is 7.63. The molecule has 0 bridgehead atoms. The van der Waals surface area contributed by atoms with Crippen LogP contribution in [0.1, 0.15) is 20.8 Å². The SMILES string of the molecule is CC(C)(C)O.O=[N+]([O-])c1ccccc1[N+](=O)[O-]. The van der Waals surface area contributed by atoms with Crippen LogP contribution in [0.15, 0.2) is 24.3 Å². The second-order valence-corrected chi connectivity index (χ2v) is 4.17. The normalized spacial score (nSPS) is 10.1. The summed E-state index contributed by atoms with van der Waals surface area (Å²) in [6.45, 7) is 5.23. The summed E-state index contributed by atoms with van der Waals surface area (Å²) in [6, 6.07) is 4.95. The molecule has 1 rings (SSSR count). The van der Waals surface area contributed by atoms with Gasteiger partial charge < -0.3 is 5.11 Å². The molecule has 7 nitrogen and oxygen atoms in total. The molecule has 0 aliphatic heterocycles. The zero-order valence-electron chi connectivity index (χ0n) is 9.78. The van der Waals surface area contributed by atoms with E-state index in [4.69, 9.17) is 5.11 Å². The highest BCUT2D eigenvalue weighted by Gasteiger charge is 2.21. The summed E-state index contributed by atoms with van der Waals surface area (Å²) in [6.07, 6.45) is 0. The summed E-state index contributed by atoms with van der Waals surface area (Å²) in [5.41, 5.74) is -1.47. The second-order valence-electron chi connectivity index (χ2n) is 4.17. The van der Waals surface area contributed by atoms with E-state index in [9.17, 15) is 20.2 Å². The summed E-state index contributed by atoms with van der Waals surface area (Å²) in [7, 11) is 0. The molecule has 94 valence electrons. The number of nitro benzene ring substituents is 2. The Hall–Kier alpha value is -2.02. The van der Waals surface area contributed by atoms with Crippen molar-refractivity contribution in [2.75, 3.05) is 0 Å². The van der Waals surface area contributed by atoms with E-state index >= 15 is 0 Å². The molecule has 0 saturated heterocycles. The fourth-order valence-corrected chi connectivity index (χ4v) is 0.773. The van der Waals surface area contributed by atoms with Crippen molar-refractivity contribution < 1.29 is 15.0 Å². The number of nitrogens with zero attached hydrogens (tertiary/aromatic N) is 2. The Morgan fingerprint density at radius 2 is 1.24 bits per heavy atom.